The van der Waals surface area contributed by atoms with Crippen LogP contribution in [0.2, 0.25) is 0 Å². The summed E-state index contributed by atoms with van der Waals surface area (Å²) in [6.45, 7) is 4.60. The van der Waals surface area contributed by atoms with Crippen LogP contribution < -0.4 is 0 Å². The van der Waals surface area contributed by atoms with Crippen LogP contribution in [0.15, 0.2) is 35.5 Å². The number of allylic oxidation sites excluding steroid dienone is 5. The Balaban J connectivity index is 1.74. The molecule has 0 bridgehead atoms. The molecule has 0 saturated heterocycles. The van der Waals surface area contributed by atoms with Crippen molar-refractivity contribution in [2.75, 3.05) is 6.61 Å². The van der Waals surface area contributed by atoms with Gasteiger partial charge < -0.3 is 10.2 Å². The van der Waals surface area contributed by atoms with Gasteiger partial charge in [-0.3, -0.25) is 4.79 Å². The average molecular weight is 328 g/mol. The van der Waals surface area contributed by atoms with Gasteiger partial charge in [0.2, 0.25) is 0 Å². The van der Waals surface area contributed by atoms with Crippen molar-refractivity contribution in [3.63, 3.8) is 0 Å². The second-order valence-corrected chi connectivity index (χ2v) is 8.66. The lowest BCUT2D eigenvalue weighted by Gasteiger charge is -2.58. The van der Waals surface area contributed by atoms with Gasteiger partial charge in [0.25, 0.3) is 0 Å². The fourth-order valence-electron chi connectivity index (χ4n) is 6.62. The van der Waals surface area contributed by atoms with Crippen molar-refractivity contribution in [1.82, 2.24) is 0 Å². The largest absolute Gasteiger partial charge is 0.393 e. The topological polar surface area (TPSA) is 57.5 Å². The zero-order valence-electron chi connectivity index (χ0n) is 14.7. The summed E-state index contributed by atoms with van der Waals surface area (Å²) in [4.78, 5) is 11.8. The lowest BCUT2D eigenvalue weighted by molar-refractivity contribution is -0.112. The monoisotopic (exact) mass is 328 g/mol. The summed E-state index contributed by atoms with van der Waals surface area (Å²) in [5.74, 6) is 1.36. The molecule has 0 amide bonds. The van der Waals surface area contributed by atoms with Crippen LogP contribution in [0.4, 0.5) is 0 Å². The zero-order valence-corrected chi connectivity index (χ0v) is 14.7. The number of carbonyl (C=O) groups is 1. The number of aliphatic hydroxyl groups excluding tert-OH is 2. The van der Waals surface area contributed by atoms with Gasteiger partial charge in [-0.25, -0.2) is 0 Å². The van der Waals surface area contributed by atoms with Gasteiger partial charge in [0.05, 0.1) is 12.7 Å². The Labute approximate surface area is 144 Å². The van der Waals surface area contributed by atoms with Gasteiger partial charge in [-0.05, 0) is 61.5 Å². The summed E-state index contributed by atoms with van der Waals surface area (Å²) in [5.41, 5.74) is 2.40. The molecular formula is C21H28O3. The minimum Gasteiger partial charge on any atom is -0.393 e. The van der Waals surface area contributed by atoms with Crippen molar-refractivity contribution in [1.29, 1.82) is 0 Å². The van der Waals surface area contributed by atoms with E-state index in [0.717, 1.165) is 32.1 Å². The molecule has 0 unspecified atom stereocenters. The van der Waals surface area contributed by atoms with E-state index in [-0.39, 0.29) is 35.2 Å². The molecule has 0 heterocycles. The van der Waals surface area contributed by atoms with Crippen LogP contribution in [-0.4, -0.2) is 28.7 Å². The van der Waals surface area contributed by atoms with Crippen molar-refractivity contribution < 1.29 is 15.0 Å². The fourth-order valence-corrected chi connectivity index (χ4v) is 6.62. The fraction of sp³-hybridized carbons (Fsp3) is 0.667. The number of ketones is 1. The quantitative estimate of drug-likeness (QED) is 0.727. The smallest absolute Gasteiger partial charge is 0.178 e. The zero-order chi connectivity index (χ0) is 17.1. The molecule has 0 aromatic carbocycles. The van der Waals surface area contributed by atoms with Gasteiger partial charge in [-0.1, -0.05) is 37.1 Å². The summed E-state index contributed by atoms with van der Waals surface area (Å²) < 4.78 is 0. The molecule has 0 spiro atoms. The maximum absolute atomic E-state index is 11.8. The molecule has 24 heavy (non-hydrogen) atoms. The van der Waals surface area contributed by atoms with E-state index in [2.05, 4.69) is 19.9 Å². The SMILES string of the molecule is C[C@]12C=CC(=O)C=C1CC[C@@H]1[C@@H]2[C@@H](O)C[C@]2(C)/C(=C\CO)CC[C@@H]12. The Morgan fingerprint density at radius 2 is 2.08 bits per heavy atom. The first kappa shape index (κ1) is 16.3. The molecular weight excluding hydrogens is 300 g/mol. The summed E-state index contributed by atoms with van der Waals surface area (Å²) in [6.07, 6.45) is 12.2. The van der Waals surface area contributed by atoms with Gasteiger partial charge in [0.1, 0.15) is 0 Å². The highest BCUT2D eigenvalue weighted by molar-refractivity contribution is 6.01. The summed E-state index contributed by atoms with van der Waals surface area (Å²) >= 11 is 0. The number of fused-ring (bicyclic) bond motifs is 5. The van der Waals surface area contributed by atoms with Crippen molar-refractivity contribution in [2.45, 2.75) is 52.1 Å². The maximum atomic E-state index is 11.8. The first-order chi connectivity index (χ1) is 11.4. The number of hydrogen-bond donors (Lipinski definition) is 2. The van der Waals surface area contributed by atoms with E-state index in [1.165, 1.54) is 11.1 Å². The molecule has 3 fully saturated rings. The molecule has 3 heteroatoms. The minimum atomic E-state index is -0.358. The average Bonchev–Trinajstić information content (AvgIpc) is 2.84. The normalized spacial score (nSPS) is 48.8. The molecule has 0 radical (unpaired) electrons. The Bertz CT molecular complexity index is 658. The molecule has 3 saturated carbocycles. The van der Waals surface area contributed by atoms with Crippen molar-refractivity contribution in [3.05, 3.63) is 35.5 Å². The number of aliphatic hydroxyl groups is 2. The molecule has 0 aromatic heterocycles. The Hall–Kier alpha value is -1.19. The lowest BCUT2D eigenvalue weighted by Crippen LogP contribution is -2.55. The highest BCUT2D eigenvalue weighted by atomic mass is 16.3. The van der Waals surface area contributed by atoms with Gasteiger partial charge in [0.15, 0.2) is 5.78 Å². The third-order valence-corrected chi connectivity index (χ3v) is 7.68. The second kappa shape index (κ2) is 5.40. The van der Waals surface area contributed by atoms with Gasteiger partial charge in [0, 0.05) is 11.3 Å². The lowest BCUT2D eigenvalue weighted by atomic mass is 9.47. The van der Waals surface area contributed by atoms with Gasteiger partial charge in [-0.2, -0.15) is 0 Å². The van der Waals surface area contributed by atoms with Crippen molar-refractivity contribution in [2.24, 2.45) is 28.6 Å². The number of hydrogen-bond acceptors (Lipinski definition) is 3. The van der Waals surface area contributed by atoms with Crippen LogP contribution in [0.25, 0.3) is 0 Å². The molecule has 6 atom stereocenters. The minimum absolute atomic E-state index is 0.0229. The third-order valence-electron chi connectivity index (χ3n) is 7.68. The Morgan fingerprint density at radius 1 is 1.29 bits per heavy atom. The number of rotatable bonds is 1. The Kier molecular flexibility index (Phi) is 3.67. The van der Waals surface area contributed by atoms with Gasteiger partial charge in [-0.15, -0.1) is 0 Å². The highest BCUT2D eigenvalue weighted by Crippen LogP contribution is 2.65. The summed E-state index contributed by atoms with van der Waals surface area (Å²) in [5, 5.41) is 20.5. The first-order valence-corrected chi connectivity index (χ1v) is 9.33. The van der Waals surface area contributed by atoms with E-state index < -0.39 is 0 Å². The van der Waals surface area contributed by atoms with Crippen LogP contribution >= 0.6 is 0 Å². The molecule has 4 aliphatic carbocycles. The van der Waals surface area contributed by atoms with E-state index in [4.69, 9.17) is 0 Å². The van der Waals surface area contributed by atoms with E-state index in [9.17, 15) is 15.0 Å². The van der Waals surface area contributed by atoms with Crippen LogP contribution in [0.5, 0.6) is 0 Å². The van der Waals surface area contributed by atoms with E-state index in [0.29, 0.717) is 11.8 Å². The standard InChI is InChI=1S/C21H28O3/c1-20-9-7-15(23)11-14(20)3-5-16-17-6-4-13(8-10-22)21(17,2)12-18(24)19(16)20/h7-9,11,16-19,22,24H,3-6,10,12H2,1-2H3/b13-8-/t16-,17-,18-,19+,20-,21+/m0/s1. The molecule has 0 aliphatic heterocycles. The first-order valence-electron chi connectivity index (χ1n) is 9.33. The van der Waals surface area contributed by atoms with E-state index in [1.54, 1.807) is 6.08 Å². The van der Waals surface area contributed by atoms with Gasteiger partial charge >= 0.3 is 0 Å². The van der Waals surface area contributed by atoms with Crippen LogP contribution in [0.1, 0.15) is 46.0 Å². The molecule has 130 valence electrons. The summed E-state index contributed by atoms with van der Waals surface area (Å²) in [6, 6.07) is 0. The highest BCUT2D eigenvalue weighted by Gasteiger charge is 2.60. The van der Waals surface area contributed by atoms with Crippen molar-refractivity contribution >= 4 is 5.78 Å². The molecule has 4 rings (SSSR count). The van der Waals surface area contributed by atoms with E-state index in [1.807, 2.05) is 12.2 Å². The maximum Gasteiger partial charge on any atom is 0.178 e. The third kappa shape index (κ3) is 2.07. The molecule has 3 nitrogen and oxygen atoms in total. The van der Waals surface area contributed by atoms with Crippen LogP contribution in [0.3, 0.4) is 0 Å². The van der Waals surface area contributed by atoms with Crippen molar-refractivity contribution in [3.8, 4) is 0 Å². The van der Waals surface area contributed by atoms with Crippen LogP contribution in [-0.2, 0) is 4.79 Å². The Morgan fingerprint density at radius 3 is 2.83 bits per heavy atom. The second-order valence-electron chi connectivity index (χ2n) is 8.66. The molecule has 2 N–H and O–H groups in total. The van der Waals surface area contributed by atoms with E-state index >= 15 is 0 Å². The van der Waals surface area contributed by atoms with Crippen LogP contribution in [0, 0.1) is 28.6 Å². The predicted octanol–water partition coefficient (Wildman–Crippen LogP) is 3.18. The summed E-state index contributed by atoms with van der Waals surface area (Å²) in [7, 11) is 0. The predicted molar refractivity (Wildman–Crippen MR) is 93.2 cm³/mol. The number of carbonyl (C=O) groups excluding carboxylic acids is 1. The molecule has 0 aromatic rings. The molecule has 4 aliphatic rings.